The molecular formula is C7H8N6O2S. The van der Waals surface area contributed by atoms with Crippen molar-refractivity contribution in [3.05, 3.63) is 28.1 Å². The van der Waals surface area contributed by atoms with E-state index in [-0.39, 0.29) is 5.00 Å². The highest BCUT2D eigenvalue weighted by Crippen LogP contribution is 2.25. The molecule has 0 aromatic carbocycles. The Morgan fingerprint density at radius 3 is 3.00 bits per heavy atom. The summed E-state index contributed by atoms with van der Waals surface area (Å²) >= 11 is 0.976. The number of aromatic amines is 1. The molecule has 0 bridgehead atoms. The summed E-state index contributed by atoms with van der Waals surface area (Å²) in [5, 5.41) is 20.2. The molecule has 0 radical (unpaired) electrons. The largest absolute Gasteiger partial charge is 0.384 e. The Labute approximate surface area is 93.7 Å². The fraction of sp³-hybridized carbons (Fsp3) is 0.143. The third-order valence-corrected chi connectivity index (χ3v) is 2.76. The second-order valence-electron chi connectivity index (χ2n) is 2.92. The summed E-state index contributed by atoms with van der Waals surface area (Å²) in [7, 11) is 0. The summed E-state index contributed by atoms with van der Waals surface area (Å²) in [5.41, 5.74) is 6.36. The Bertz CT molecular complexity index is 506. The molecule has 2 aromatic heterocycles. The van der Waals surface area contributed by atoms with Gasteiger partial charge in [0.1, 0.15) is 12.0 Å². The lowest BCUT2D eigenvalue weighted by Crippen LogP contribution is -2.00. The van der Waals surface area contributed by atoms with Crippen LogP contribution < -0.4 is 11.1 Å². The second-order valence-corrected chi connectivity index (χ2v) is 3.93. The molecule has 0 saturated heterocycles. The predicted molar refractivity (Wildman–Crippen MR) is 59.1 cm³/mol. The predicted octanol–water partition coefficient (Wildman–Crippen LogP) is 0.969. The Kier molecular flexibility index (Phi) is 2.68. The number of thiazole rings is 1. The molecule has 0 spiro atoms. The van der Waals surface area contributed by atoms with Gasteiger partial charge in [0, 0.05) is 12.1 Å². The average molecular weight is 240 g/mol. The zero-order valence-corrected chi connectivity index (χ0v) is 8.82. The highest BCUT2D eigenvalue weighted by molar-refractivity contribution is 7.18. The van der Waals surface area contributed by atoms with Gasteiger partial charge in [0.05, 0.1) is 11.1 Å². The first-order valence-electron chi connectivity index (χ1n) is 4.28. The number of aromatic nitrogens is 3. The Morgan fingerprint density at radius 1 is 1.62 bits per heavy atom. The maximum atomic E-state index is 10.4. The first-order chi connectivity index (χ1) is 7.66. The number of hydrogen-bond acceptors (Lipinski definition) is 7. The van der Waals surface area contributed by atoms with E-state index in [9.17, 15) is 10.1 Å². The van der Waals surface area contributed by atoms with Crippen LogP contribution in [0.4, 0.5) is 16.0 Å². The first-order valence-corrected chi connectivity index (χ1v) is 5.10. The molecule has 0 aliphatic carbocycles. The van der Waals surface area contributed by atoms with Crippen molar-refractivity contribution in [2.45, 2.75) is 6.54 Å². The van der Waals surface area contributed by atoms with Gasteiger partial charge in [-0.05, 0) is 11.3 Å². The fourth-order valence-corrected chi connectivity index (χ4v) is 1.69. The maximum absolute atomic E-state index is 10.4. The SMILES string of the molecule is Nc1[nH]ncc1CNc1ncc([N+](=O)[O-])s1. The van der Waals surface area contributed by atoms with Crippen molar-refractivity contribution in [3.63, 3.8) is 0 Å². The summed E-state index contributed by atoms with van der Waals surface area (Å²) in [4.78, 5) is 13.8. The molecule has 2 aromatic rings. The number of anilines is 2. The van der Waals surface area contributed by atoms with E-state index in [1.54, 1.807) is 6.20 Å². The molecular weight excluding hydrogens is 232 g/mol. The molecule has 0 aliphatic rings. The molecule has 9 heteroatoms. The summed E-state index contributed by atoms with van der Waals surface area (Å²) < 4.78 is 0. The molecule has 16 heavy (non-hydrogen) atoms. The van der Waals surface area contributed by atoms with Crippen LogP contribution >= 0.6 is 11.3 Å². The van der Waals surface area contributed by atoms with Gasteiger partial charge in [-0.2, -0.15) is 5.10 Å². The lowest BCUT2D eigenvalue weighted by Gasteiger charge is -1.99. The van der Waals surface area contributed by atoms with Crippen LogP contribution in [0.1, 0.15) is 5.56 Å². The zero-order valence-electron chi connectivity index (χ0n) is 8.01. The number of nitro groups is 1. The van der Waals surface area contributed by atoms with E-state index in [1.807, 2.05) is 0 Å². The monoisotopic (exact) mass is 240 g/mol. The van der Waals surface area contributed by atoms with E-state index in [4.69, 9.17) is 5.73 Å². The number of nitrogens with zero attached hydrogens (tertiary/aromatic N) is 3. The topological polar surface area (TPSA) is 123 Å². The number of H-pyrrole nitrogens is 1. The smallest absolute Gasteiger partial charge is 0.345 e. The molecule has 0 unspecified atom stereocenters. The van der Waals surface area contributed by atoms with Crippen LogP contribution in [0.5, 0.6) is 0 Å². The van der Waals surface area contributed by atoms with E-state index < -0.39 is 4.92 Å². The van der Waals surface area contributed by atoms with E-state index in [0.717, 1.165) is 16.9 Å². The Hall–Kier alpha value is -2.16. The van der Waals surface area contributed by atoms with E-state index in [2.05, 4.69) is 20.5 Å². The molecule has 2 rings (SSSR count). The van der Waals surface area contributed by atoms with Crippen LogP contribution in [0.25, 0.3) is 0 Å². The van der Waals surface area contributed by atoms with Gasteiger partial charge in [0.15, 0.2) is 5.13 Å². The molecule has 0 fully saturated rings. The zero-order chi connectivity index (χ0) is 11.5. The summed E-state index contributed by atoms with van der Waals surface area (Å²) in [6.07, 6.45) is 2.80. The molecule has 8 nitrogen and oxygen atoms in total. The molecule has 2 heterocycles. The first kappa shape index (κ1) is 10.4. The van der Waals surface area contributed by atoms with E-state index in [0.29, 0.717) is 17.5 Å². The van der Waals surface area contributed by atoms with Crippen molar-refractivity contribution in [1.29, 1.82) is 0 Å². The summed E-state index contributed by atoms with van der Waals surface area (Å²) in [5.74, 6) is 0.471. The number of rotatable bonds is 4. The quantitative estimate of drug-likeness (QED) is 0.540. The van der Waals surface area contributed by atoms with Crippen molar-refractivity contribution < 1.29 is 4.92 Å². The third kappa shape index (κ3) is 2.08. The van der Waals surface area contributed by atoms with Crippen LogP contribution in [0.15, 0.2) is 12.4 Å². The number of nitrogen functional groups attached to an aromatic ring is 1. The maximum Gasteiger partial charge on any atom is 0.345 e. The molecule has 4 N–H and O–H groups in total. The van der Waals surface area contributed by atoms with Crippen molar-refractivity contribution in [2.24, 2.45) is 0 Å². The van der Waals surface area contributed by atoms with Gasteiger partial charge < -0.3 is 11.1 Å². The standard InChI is InChI=1S/C7H8N6O2S/c8-6-4(2-11-12-6)1-9-7-10-3-5(16-7)13(14)15/h2-3H,1H2,(H,9,10)(H3,8,11,12). The van der Waals surface area contributed by atoms with Crippen LogP contribution in [-0.4, -0.2) is 20.1 Å². The van der Waals surface area contributed by atoms with Crippen molar-refractivity contribution in [2.75, 3.05) is 11.1 Å². The van der Waals surface area contributed by atoms with Gasteiger partial charge in [-0.1, -0.05) is 0 Å². The van der Waals surface area contributed by atoms with Crippen molar-refractivity contribution >= 4 is 27.3 Å². The highest BCUT2D eigenvalue weighted by atomic mass is 32.1. The second kappa shape index (κ2) is 4.14. The highest BCUT2D eigenvalue weighted by Gasteiger charge is 2.11. The van der Waals surface area contributed by atoms with Crippen LogP contribution in [0.2, 0.25) is 0 Å². The van der Waals surface area contributed by atoms with Gasteiger partial charge in [0.25, 0.3) is 0 Å². The van der Waals surface area contributed by atoms with Gasteiger partial charge in [0.2, 0.25) is 0 Å². The minimum Gasteiger partial charge on any atom is -0.384 e. The molecule has 0 saturated carbocycles. The Morgan fingerprint density at radius 2 is 2.44 bits per heavy atom. The van der Waals surface area contributed by atoms with Crippen LogP contribution in [0, 0.1) is 10.1 Å². The van der Waals surface area contributed by atoms with Gasteiger partial charge in [-0.25, -0.2) is 4.98 Å². The fourth-order valence-electron chi connectivity index (χ4n) is 1.06. The van der Waals surface area contributed by atoms with E-state index in [1.165, 1.54) is 6.20 Å². The van der Waals surface area contributed by atoms with Gasteiger partial charge in [-0.15, -0.1) is 0 Å². The van der Waals surface area contributed by atoms with Crippen LogP contribution in [-0.2, 0) is 6.54 Å². The van der Waals surface area contributed by atoms with E-state index >= 15 is 0 Å². The number of nitrogens with two attached hydrogens (primary N) is 1. The lowest BCUT2D eigenvalue weighted by atomic mass is 10.3. The minimum atomic E-state index is -0.477. The number of hydrogen-bond donors (Lipinski definition) is 3. The van der Waals surface area contributed by atoms with Crippen molar-refractivity contribution in [3.8, 4) is 0 Å². The summed E-state index contributed by atoms with van der Waals surface area (Å²) in [6.45, 7) is 0.424. The van der Waals surface area contributed by atoms with Gasteiger partial charge >= 0.3 is 5.00 Å². The molecule has 84 valence electrons. The number of nitrogens with one attached hydrogen (secondary N) is 2. The third-order valence-electron chi connectivity index (χ3n) is 1.85. The molecule has 0 aliphatic heterocycles. The lowest BCUT2D eigenvalue weighted by molar-refractivity contribution is -0.380. The molecule has 0 atom stereocenters. The molecule has 0 amide bonds. The van der Waals surface area contributed by atoms with Crippen LogP contribution in [0.3, 0.4) is 0 Å². The Balaban J connectivity index is 2.00. The summed E-state index contributed by atoms with van der Waals surface area (Å²) in [6, 6.07) is 0. The van der Waals surface area contributed by atoms with Crippen molar-refractivity contribution in [1.82, 2.24) is 15.2 Å². The normalized spacial score (nSPS) is 10.2. The average Bonchev–Trinajstić information content (AvgIpc) is 2.83. The van der Waals surface area contributed by atoms with Gasteiger partial charge in [-0.3, -0.25) is 15.2 Å². The minimum absolute atomic E-state index is 0.00247.